The first-order valence-electron chi connectivity index (χ1n) is 10.2. The molecular formula is C22H24N4O6S3. The zero-order valence-corrected chi connectivity index (χ0v) is 21.3. The molecule has 35 heavy (non-hydrogen) atoms. The number of para-hydroxylation sites is 1. The Morgan fingerprint density at radius 2 is 1.69 bits per heavy atom. The third-order valence-corrected chi connectivity index (χ3v) is 8.92. The molecule has 0 bridgehead atoms. The molecule has 1 heterocycles. The quantitative estimate of drug-likeness (QED) is 0.195. The molecule has 10 nitrogen and oxygen atoms in total. The Bertz CT molecular complexity index is 1400. The van der Waals surface area contributed by atoms with Gasteiger partial charge < -0.3 is 4.74 Å². The number of hydrazone groups is 1. The van der Waals surface area contributed by atoms with Crippen molar-refractivity contribution in [1.82, 2.24) is 10.1 Å². The molecule has 0 radical (unpaired) electrons. The van der Waals surface area contributed by atoms with E-state index >= 15 is 0 Å². The minimum Gasteiger partial charge on any atom is -0.383 e. The second-order valence-electron chi connectivity index (χ2n) is 7.14. The first kappa shape index (κ1) is 26.5. The van der Waals surface area contributed by atoms with Crippen LogP contribution in [-0.4, -0.2) is 48.7 Å². The lowest BCUT2D eigenvalue weighted by Crippen LogP contribution is -2.27. The number of sulfonamides is 2. The molecule has 0 saturated heterocycles. The van der Waals surface area contributed by atoms with Gasteiger partial charge in [0.15, 0.2) is 0 Å². The van der Waals surface area contributed by atoms with Gasteiger partial charge in [0.05, 0.1) is 28.5 Å². The van der Waals surface area contributed by atoms with Crippen molar-refractivity contribution in [2.75, 3.05) is 25.0 Å². The average Bonchev–Trinajstić information content (AvgIpc) is 3.39. The molecule has 0 aliphatic carbocycles. The number of rotatable bonds is 11. The molecule has 13 heteroatoms. The fourth-order valence-electron chi connectivity index (χ4n) is 2.88. The molecule has 0 atom stereocenters. The van der Waals surface area contributed by atoms with Crippen molar-refractivity contribution in [2.24, 2.45) is 5.10 Å². The largest absolute Gasteiger partial charge is 0.383 e. The Balaban J connectivity index is 1.71. The molecule has 3 N–H and O–H groups in total. The van der Waals surface area contributed by atoms with Gasteiger partial charge in [0.1, 0.15) is 4.21 Å². The van der Waals surface area contributed by atoms with Crippen molar-refractivity contribution in [3.05, 3.63) is 77.2 Å². The number of nitrogens with one attached hydrogen (secondary N) is 3. The topological polar surface area (TPSA) is 143 Å². The van der Waals surface area contributed by atoms with Crippen molar-refractivity contribution in [3.63, 3.8) is 0 Å². The Morgan fingerprint density at radius 3 is 2.34 bits per heavy atom. The molecular weight excluding hydrogens is 512 g/mol. The number of thiophene rings is 1. The predicted molar refractivity (Wildman–Crippen MR) is 135 cm³/mol. The highest BCUT2D eigenvalue weighted by Gasteiger charge is 2.19. The van der Waals surface area contributed by atoms with Crippen molar-refractivity contribution in [3.8, 4) is 0 Å². The van der Waals surface area contributed by atoms with Crippen LogP contribution in [0.3, 0.4) is 0 Å². The molecule has 3 aromatic rings. The third kappa shape index (κ3) is 6.96. The number of ether oxygens (including phenoxy) is 1. The molecule has 0 aliphatic heterocycles. The van der Waals surface area contributed by atoms with Crippen LogP contribution >= 0.6 is 11.3 Å². The van der Waals surface area contributed by atoms with Gasteiger partial charge >= 0.3 is 0 Å². The van der Waals surface area contributed by atoms with E-state index in [1.165, 1.54) is 37.4 Å². The Labute approximate surface area is 208 Å². The standard InChI is InChI=1S/C22H24N4O6S3/c1-16(17-9-11-18(12-10-17)34(28,29)23-13-14-32-2)24-25-22(27)19-6-3-4-7-20(19)26-35(30,31)21-8-5-15-33-21/h3-12,15,23,26H,13-14H2,1-2H3,(H,25,27)/b24-16-. The van der Waals surface area contributed by atoms with E-state index in [9.17, 15) is 21.6 Å². The van der Waals surface area contributed by atoms with Crippen molar-refractivity contribution < 1.29 is 26.4 Å². The molecule has 0 aliphatic rings. The fourth-order valence-corrected chi connectivity index (χ4v) is 5.96. The van der Waals surface area contributed by atoms with Crippen molar-refractivity contribution in [1.29, 1.82) is 0 Å². The van der Waals surface area contributed by atoms with E-state index in [4.69, 9.17) is 4.74 Å². The smallest absolute Gasteiger partial charge is 0.273 e. The van der Waals surface area contributed by atoms with Crippen LogP contribution in [-0.2, 0) is 24.8 Å². The second-order valence-corrected chi connectivity index (χ2v) is 11.8. The Morgan fingerprint density at radius 1 is 0.971 bits per heavy atom. The summed E-state index contributed by atoms with van der Waals surface area (Å²) < 4.78 is 59.4. The first-order valence-corrected chi connectivity index (χ1v) is 14.1. The zero-order valence-electron chi connectivity index (χ0n) is 18.9. The molecule has 2 aromatic carbocycles. The monoisotopic (exact) mass is 536 g/mol. The van der Waals surface area contributed by atoms with Gasteiger partial charge in [-0.15, -0.1) is 11.3 Å². The second kappa shape index (κ2) is 11.6. The maximum Gasteiger partial charge on any atom is 0.273 e. The number of carbonyl (C=O) groups excluding carboxylic acids is 1. The summed E-state index contributed by atoms with van der Waals surface area (Å²) in [6.07, 6.45) is 0. The minimum atomic E-state index is -3.83. The van der Waals surface area contributed by atoms with E-state index in [0.717, 1.165) is 11.3 Å². The van der Waals surface area contributed by atoms with Gasteiger partial charge in [-0.25, -0.2) is 27.0 Å². The maximum absolute atomic E-state index is 12.7. The van der Waals surface area contributed by atoms with Crippen LogP contribution in [0.5, 0.6) is 0 Å². The van der Waals surface area contributed by atoms with Crippen LogP contribution in [0.15, 0.2) is 80.2 Å². The number of benzene rings is 2. The summed E-state index contributed by atoms with van der Waals surface area (Å²) in [5.41, 5.74) is 3.63. The summed E-state index contributed by atoms with van der Waals surface area (Å²) in [5.74, 6) is -0.615. The van der Waals surface area contributed by atoms with Gasteiger partial charge in [-0.1, -0.05) is 30.3 Å². The van der Waals surface area contributed by atoms with E-state index in [1.807, 2.05) is 0 Å². The average molecular weight is 537 g/mol. The van der Waals surface area contributed by atoms with Crippen LogP contribution in [0.1, 0.15) is 22.8 Å². The highest BCUT2D eigenvalue weighted by molar-refractivity contribution is 7.94. The molecule has 186 valence electrons. The predicted octanol–water partition coefficient (Wildman–Crippen LogP) is 2.63. The van der Waals surface area contributed by atoms with Gasteiger partial charge in [-0.2, -0.15) is 5.10 Å². The van der Waals surface area contributed by atoms with Gasteiger partial charge in [-0.05, 0) is 48.2 Å². The van der Waals surface area contributed by atoms with E-state index in [0.29, 0.717) is 11.3 Å². The first-order chi connectivity index (χ1) is 16.6. The summed E-state index contributed by atoms with van der Waals surface area (Å²) in [7, 11) is -6.02. The molecule has 3 rings (SSSR count). The summed E-state index contributed by atoms with van der Waals surface area (Å²) in [4.78, 5) is 12.8. The van der Waals surface area contributed by atoms with Crippen molar-refractivity contribution in [2.45, 2.75) is 16.0 Å². The third-order valence-electron chi connectivity index (χ3n) is 4.68. The summed E-state index contributed by atoms with van der Waals surface area (Å²) in [6.45, 7) is 2.05. The molecule has 1 aromatic heterocycles. The van der Waals surface area contributed by atoms with Crippen LogP contribution in [0.25, 0.3) is 0 Å². The lowest BCUT2D eigenvalue weighted by molar-refractivity contribution is 0.0955. The van der Waals surface area contributed by atoms with Gasteiger partial charge in [0, 0.05) is 13.7 Å². The molecule has 0 spiro atoms. The van der Waals surface area contributed by atoms with Crippen LogP contribution in [0, 0.1) is 0 Å². The van der Waals surface area contributed by atoms with Crippen LogP contribution < -0.4 is 14.9 Å². The molecule has 0 saturated carbocycles. The molecule has 0 fully saturated rings. The highest BCUT2D eigenvalue weighted by Crippen LogP contribution is 2.23. The normalized spacial score (nSPS) is 12.3. The lowest BCUT2D eigenvalue weighted by atomic mass is 10.1. The number of methoxy groups -OCH3 is 1. The van der Waals surface area contributed by atoms with Gasteiger partial charge in [0.2, 0.25) is 10.0 Å². The zero-order chi connectivity index (χ0) is 25.5. The maximum atomic E-state index is 12.7. The Hall–Kier alpha value is -3.10. The number of carbonyl (C=O) groups is 1. The fraction of sp³-hybridized carbons (Fsp3) is 0.182. The van der Waals surface area contributed by atoms with E-state index < -0.39 is 26.0 Å². The number of nitrogens with zero attached hydrogens (tertiary/aromatic N) is 1. The number of hydrogen-bond donors (Lipinski definition) is 3. The summed E-state index contributed by atoms with van der Waals surface area (Å²) in [5, 5.41) is 5.71. The minimum absolute atomic E-state index is 0.0844. The van der Waals surface area contributed by atoms with Gasteiger partial charge in [0.25, 0.3) is 15.9 Å². The van der Waals surface area contributed by atoms with Gasteiger partial charge in [-0.3, -0.25) is 9.52 Å². The van der Waals surface area contributed by atoms with E-state index in [2.05, 4.69) is 20.0 Å². The van der Waals surface area contributed by atoms with E-state index in [1.54, 1.807) is 42.6 Å². The summed E-state index contributed by atoms with van der Waals surface area (Å²) in [6, 6.07) is 15.3. The van der Waals surface area contributed by atoms with Crippen molar-refractivity contribution >= 4 is 48.7 Å². The number of hydrogen-bond acceptors (Lipinski definition) is 8. The highest BCUT2D eigenvalue weighted by atomic mass is 32.2. The SMILES string of the molecule is COCCNS(=O)(=O)c1ccc(/C(C)=N\NC(=O)c2ccccc2NS(=O)(=O)c2cccs2)cc1. The summed E-state index contributed by atoms with van der Waals surface area (Å²) >= 11 is 1.06. The van der Waals surface area contributed by atoms with E-state index in [-0.39, 0.29) is 33.5 Å². The number of anilines is 1. The van der Waals surface area contributed by atoms with Crippen LogP contribution in [0.2, 0.25) is 0 Å². The van der Waals surface area contributed by atoms with Crippen LogP contribution in [0.4, 0.5) is 5.69 Å². The lowest BCUT2D eigenvalue weighted by Gasteiger charge is -2.11. The molecule has 1 amide bonds. The molecule has 0 unspecified atom stereocenters. The number of amides is 1. The Kier molecular flexibility index (Phi) is 8.75.